The van der Waals surface area contributed by atoms with Crippen LogP contribution in [-0.2, 0) is 0 Å². The molecule has 3 rings (SSSR count). The normalized spacial score (nSPS) is 14.7. The first-order chi connectivity index (χ1) is 12.5. The Morgan fingerprint density at radius 2 is 1.88 bits per heavy atom. The number of H-pyrrole nitrogens is 1. The lowest BCUT2D eigenvalue weighted by Gasteiger charge is -2.23. The van der Waals surface area contributed by atoms with Gasteiger partial charge in [0, 0.05) is 6.04 Å². The topological polar surface area (TPSA) is 108 Å². The summed E-state index contributed by atoms with van der Waals surface area (Å²) in [5.41, 5.74) is -0.753. The Morgan fingerprint density at radius 3 is 2.58 bits per heavy atom. The summed E-state index contributed by atoms with van der Waals surface area (Å²) in [5.74, 6) is -3.17. The molecule has 2 aromatic rings. The Labute approximate surface area is 147 Å². The molecule has 1 fully saturated rings. The summed E-state index contributed by atoms with van der Waals surface area (Å²) in [5, 5.41) is 14.2. The Morgan fingerprint density at radius 1 is 1.19 bits per heavy atom. The predicted molar refractivity (Wildman–Crippen MR) is 88.0 cm³/mol. The summed E-state index contributed by atoms with van der Waals surface area (Å²) in [6, 6.07) is 3.07. The predicted octanol–water partition coefficient (Wildman–Crippen LogP) is 1.78. The lowest BCUT2D eigenvalue weighted by molar-refractivity contribution is 0.101. The van der Waals surface area contributed by atoms with Crippen molar-refractivity contribution in [1.82, 2.24) is 20.8 Å². The van der Waals surface area contributed by atoms with Gasteiger partial charge in [-0.3, -0.25) is 4.79 Å². The molecule has 1 saturated heterocycles. The van der Waals surface area contributed by atoms with E-state index in [-0.39, 0.29) is 17.6 Å². The summed E-state index contributed by atoms with van der Waals surface area (Å²) in [7, 11) is 0. The van der Waals surface area contributed by atoms with Gasteiger partial charge in [0.15, 0.2) is 0 Å². The minimum atomic E-state index is -1.02. The van der Waals surface area contributed by atoms with Crippen molar-refractivity contribution in [2.45, 2.75) is 18.9 Å². The van der Waals surface area contributed by atoms with Crippen LogP contribution in [0.25, 0.3) is 0 Å². The largest absolute Gasteiger partial charge is 0.414 e. The van der Waals surface area contributed by atoms with Gasteiger partial charge in [0.1, 0.15) is 22.9 Å². The number of ether oxygens (including phenoxy) is 1. The molecule has 0 radical (unpaired) electrons. The summed E-state index contributed by atoms with van der Waals surface area (Å²) in [4.78, 5) is 24.1. The number of carbonyl (C=O) groups is 2. The standard InChI is InChI=1S/C16H17F2N5O3/c17-10-2-1-3-11(18)13(10)14(24)22-12-8-20-23-15(12)26-16(25)21-9-4-6-19-7-5-9/h1-3,8-9,19H,4-7H2,(H,20,23)(H,21,25)(H,22,24). The fourth-order valence-electron chi connectivity index (χ4n) is 2.60. The van der Waals surface area contributed by atoms with Crippen molar-refractivity contribution in [3.63, 3.8) is 0 Å². The first-order valence-corrected chi connectivity index (χ1v) is 8.02. The highest BCUT2D eigenvalue weighted by molar-refractivity contribution is 6.05. The average Bonchev–Trinajstić information content (AvgIpc) is 3.02. The maximum absolute atomic E-state index is 13.7. The maximum Gasteiger partial charge on any atom is 0.414 e. The number of carbonyl (C=O) groups excluding carboxylic acids is 2. The number of amides is 2. The smallest absolute Gasteiger partial charge is 0.389 e. The van der Waals surface area contributed by atoms with Gasteiger partial charge < -0.3 is 20.7 Å². The highest BCUT2D eigenvalue weighted by Gasteiger charge is 2.21. The van der Waals surface area contributed by atoms with Crippen molar-refractivity contribution in [3.05, 3.63) is 41.6 Å². The zero-order valence-corrected chi connectivity index (χ0v) is 13.6. The van der Waals surface area contributed by atoms with Gasteiger partial charge in [-0.05, 0) is 38.1 Å². The van der Waals surface area contributed by atoms with E-state index in [4.69, 9.17) is 4.74 Å². The zero-order valence-electron chi connectivity index (χ0n) is 13.6. The van der Waals surface area contributed by atoms with Crippen LogP contribution in [0.4, 0.5) is 19.3 Å². The van der Waals surface area contributed by atoms with Crippen LogP contribution in [0, 0.1) is 11.6 Å². The number of anilines is 1. The van der Waals surface area contributed by atoms with Crippen molar-refractivity contribution < 1.29 is 23.1 Å². The summed E-state index contributed by atoms with van der Waals surface area (Å²) in [6.07, 6.45) is 2.00. The van der Waals surface area contributed by atoms with Crippen molar-refractivity contribution in [2.75, 3.05) is 18.4 Å². The molecule has 10 heteroatoms. The van der Waals surface area contributed by atoms with E-state index in [1.165, 1.54) is 6.20 Å². The van der Waals surface area contributed by atoms with Gasteiger partial charge >= 0.3 is 6.09 Å². The third-order valence-corrected chi connectivity index (χ3v) is 3.90. The van der Waals surface area contributed by atoms with E-state index in [1.54, 1.807) is 0 Å². The number of aromatic amines is 1. The minimum Gasteiger partial charge on any atom is -0.389 e. The van der Waals surface area contributed by atoms with Gasteiger partial charge in [0.05, 0.1) is 6.20 Å². The number of piperidine rings is 1. The van der Waals surface area contributed by atoms with Crippen LogP contribution in [0.5, 0.6) is 5.88 Å². The molecule has 0 unspecified atom stereocenters. The number of halogens is 2. The Kier molecular flexibility index (Phi) is 5.42. The van der Waals surface area contributed by atoms with Crippen LogP contribution < -0.4 is 20.7 Å². The lowest BCUT2D eigenvalue weighted by Crippen LogP contribution is -2.43. The molecule has 2 heterocycles. The fraction of sp³-hybridized carbons (Fsp3) is 0.312. The number of nitrogens with zero attached hydrogens (tertiary/aromatic N) is 1. The Bertz CT molecular complexity index is 785. The third-order valence-electron chi connectivity index (χ3n) is 3.90. The molecule has 0 saturated carbocycles. The molecule has 26 heavy (non-hydrogen) atoms. The molecule has 0 atom stereocenters. The molecule has 0 aliphatic carbocycles. The molecular weight excluding hydrogens is 348 g/mol. The SMILES string of the molecule is O=C(NC1CCNCC1)Oc1[nH]ncc1NC(=O)c1c(F)cccc1F. The summed E-state index contributed by atoms with van der Waals surface area (Å²) < 4.78 is 32.4. The zero-order chi connectivity index (χ0) is 18.5. The van der Waals surface area contributed by atoms with Gasteiger partial charge in [0.25, 0.3) is 5.91 Å². The van der Waals surface area contributed by atoms with Crippen molar-refractivity contribution in [3.8, 4) is 5.88 Å². The molecule has 4 N–H and O–H groups in total. The van der Waals surface area contributed by atoms with E-state index >= 15 is 0 Å². The number of aromatic nitrogens is 2. The van der Waals surface area contributed by atoms with E-state index in [0.29, 0.717) is 0 Å². The average molecular weight is 365 g/mol. The van der Waals surface area contributed by atoms with Gasteiger partial charge in [-0.25, -0.2) is 18.7 Å². The summed E-state index contributed by atoms with van der Waals surface area (Å²) >= 11 is 0. The lowest BCUT2D eigenvalue weighted by atomic mass is 10.1. The van der Waals surface area contributed by atoms with Gasteiger partial charge in [-0.1, -0.05) is 6.07 Å². The highest BCUT2D eigenvalue weighted by atomic mass is 19.1. The number of hydrogen-bond donors (Lipinski definition) is 4. The van der Waals surface area contributed by atoms with Crippen LogP contribution in [0.2, 0.25) is 0 Å². The van der Waals surface area contributed by atoms with Crippen LogP contribution in [-0.4, -0.2) is 41.3 Å². The summed E-state index contributed by atoms with van der Waals surface area (Å²) in [6.45, 7) is 1.59. The van der Waals surface area contributed by atoms with E-state index in [1.807, 2.05) is 0 Å². The molecule has 0 spiro atoms. The van der Waals surface area contributed by atoms with Crippen molar-refractivity contribution in [2.24, 2.45) is 0 Å². The maximum atomic E-state index is 13.7. The molecule has 1 aromatic carbocycles. The van der Waals surface area contributed by atoms with E-state index in [2.05, 4.69) is 26.1 Å². The molecule has 8 nitrogen and oxygen atoms in total. The quantitative estimate of drug-likeness (QED) is 0.661. The highest BCUT2D eigenvalue weighted by Crippen LogP contribution is 2.22. The van der Waals surface area contributed by atoms with Crippen LogP contribution in [0.1, 0.15) is 23.2 Å². The number of hydrogen-bond acceptors (Lipinski definition) is 5. The molecular formula is C16H17F2N5O3. The molecule has 1 aromatic heterocycles. The second-order valence-corrected chi connectivity index (χ2v) is 5.72. The molecule has 2 amide bonds. The van der Waals surface area contributed by atoms with Crippen molar-refractivity contribution in [1.29, 1.82) is 0 Å². The van der Waals surface area contributed by atoms with Crippen LogP contribution in [0.15, 0.2) is 24.4 Å². The van der Waals surface area contributed by atoms with Crippen LogP contribution in [0.3, 0.4) is 0 Å². The van der Waals surface area contributed by atoms with E-state index in [9.17, 15) is 18.4 Å². The van der Waals surface area contributed by atoms with Gasteiger partial charge in [-0.2, -0.15) is 5.10 Å². The van der Waals surface area contributed by atoms with Crippen molar-refractivity contribution >= 4 is 17.7 Å². The third kappa shape index (κ3) is 4.14. The van der Waals surface area contributed by atoms with Gasteiger partial charge in [0.2, 0.25) is 5.88 Å². The van der Waals surface area contributed by atoms with E-state index in [0.717, 1.165) is 44.1 Å². The number of benzene rings is 1. The second-order valence-electron chi connectivity index (χ2n) is 5.72. The Balaban J connectivity index is 1.64. The molecule has 1 aliphatic heterocycles. The minimum absolute atomic E-state index is 0.0156. The molecule has 0 bridgehead atoms. The number of rotatable bonds is 4. The monoisotopic (exact) mass is 365 g/mol. The first-order valence-electron chi connectivity index (χ1n) is 8.02. The first kappa shape index (κ1) is 17.8. The molecule has 138 valence electrons. The van der Waals surface area contributed by atoms with Crippen LogP contribution >= 0.6 is 0 Å². The number of nitrogens with one attached hydrogen (secondary N) is 4. The fourth-order valence-corrected chi connectivity index (χ4v) is 2.60. The Hall–Kier alpha value is -3.01. The van der Waals surface area contributed by atoms with Gasteiger partial charge in [-0.15, -0.1) is 0 Å². The van der Waals surface area contributed by atoms with E-state index < -0.39 is 29.2 Å². The second kappa shape index (κ2) is 7.91. The molecule has 1 aliphatic rings.